The quantitative estimate of drug-likeness (QED) is 0.604. The van der Waals surface area contributed by atoms with Crippen molar-refractivity contribution in [2.45, 2.75) is 0 Å². The average molecular weight is 246 g/mol. The van der Waals surface area contributed by atoms with Crippen LogP contribution in [-0.4, -0.2) is 37.4 Å². The number of carbonyl (C=O) groups is 1. The van der Waals surface area contributed by atoms with E-state index in [0.29, 0.717) is 0 Å². The Hall–Kier alpha value is -0.950. The second kappa shape index (κ2) is 6.52. The monoisotopic (exact) mass is 246 g/mol. The van der Waals surface area contributed by atoms with Crippen molar-refractivity contribution in [2.24, 2.45) is 0 Å². The Labute approximate surface area is 97.4 Å². The van der Waals surface area contributed by atoms with Gasteiger partial charge in [0.2, 0.25) is 0 Å². The molecule has 15 heavy (non-hydrogen) atoms. The van der Waals surface area contributed by atoms with E-state index in [9.17, 15) is 4.79 Å². The van der Waals surface area contributed by atoms with E-state index in [1.807, 2.05) is 18.8 Å². The molecule has 84 valence electrons. The van der Waals surface area contributed by atoms with Crippen LogP contribution < -0.4 is 14.9 Å². The number of carbonyl (C=O) groups excluding carboxylic acids is 1. The fraction of sp³-hybridized carbons (Fsp3) is 0.500. The lowest BCUT2D eigenvalue weighted by molar-refractivity contribution is 0.248. The molecule has 1 aromatic rings. The van der Waals surface area contributed by atoms with Crippen LogP contribution in [0, 0.1) is 0 Å². The molecular formula is C8H14N4OS2. The molecule has 5 nitrogen and oxygen atoms in total. The first kappa shape index (κ1) is 12.1. The van der Waals surface area contributed by atoms with Crippen LogP contribution in [0.15, 0.2) is 11.7 Å². The second-order valence-corrected chi connectivity index (χ2v) is 4.56. The maximum atomic E-state index is 10.8. The van der Waals surface area contributed by atoms with Gasteiger partial charge in [0.15, 0.2) is 0 Å². The molecule has 2 amide bonds. The Morgan fingerprint density at radius 1 is 1.73 bits per heavy atom. The number of nitrogens with one attached hydrogen (secondary N) is 2. The van der Waals surface area contributed by atoms with Crippen LogP contribution in [0.2, 0.25) is 0 Å². The van der Waals surface area contributed by atoms with E-state index < -0.39 is 0 Å². The number of aromatic nitrogens is 1. The van der Waals surface area contributed by atoms with E-state index in [-0.39, 0.29) is 6.03 Å². The van der Waals surface area contributed by atoms with E-state index in [2.05, 4.69) is 19.9 Å². The highest BCUT2D eigenvalue weighted by Crippen LogP contribution is 2.17. The molecule has 0 bridgehead atoms. The van der Waals surface area contributed by atoms with Crippen LogP contribution in [0.5, 0.6) is 0 Å². The molecule has 0 aliphatic rings. The van der Waals surface area contributed by atoms with Crippen molar-refractivity contribution in [1.82, 2.24) is 15.0 Å². The molecule has 0 aromatic carbocycles. The fourth-order valence-electron chi connectivity index (χ4n) is 0.858. The topological polar surface area (TPSA) is 57.3 Å². The summed E-state index contributed by atoms with van der Waals surface area (Å²) in [5, 5.41) is 3.62. The van der Waals surface area contributed by atoms with Gasteiger partial charge in [-0.2, -0.15) is 0 Å². The smallest absolute Gasteiger partial charge is 0.324 e. The molecule has 0 aliphatic heterocycles. The summed E-state index contributed by atoms with van der Waals surface area (Å²) >= 11 is 3.00. The molecule has 1 rings (SSSR count). The van der Waals surface area contributed by atoms with Crippen LogP contribution in [0.25, 0.3) is 0 Å². The molecule has 0 atom stereocenters. The van der Waals surface area contributed by atoms with E-state index in [0.717, 1.165) is 17.3 Å². The first-order valence-electron chi connectivity index (χ1n) is 4.43. The third kappa shape index (κ3) is 4.39. The van der Waals surface area contributed by atoms with Crippen molar-refractivity contribution < 1.29 is 4.79 Å². The molecule has 0 aliphatic carbocycles. The molecule has 0 saturated carbocycles. The summed E-state index contributed by atoms with van der Waals surface area (Å²) in [6.45, 7) is 0.872. The number of thiazole rings is 1. The highest BCUT2D eigenvalue weighted by Gasteiger charge is 2.02. The number of rotatable bonds is 5. The molecule has 0 saturated heterocycles. The normalized spacial score (nSPS) is 9.73. The summed E-state index contributed by atoms with van der Waals surface area (Å²) in [6, 6.07) is -0.166. The minimum absolute atomic E-state index is 0.166. The highest BCUT2D eigenvalue weighted by molar-refractivity contribution is 7.97. The summed E-state index contributed by atoms with van der Waals surface area (Å²) in [5.74, 6) is 0.835. The second-order valence-electron chi connectivity index (χ2n) is 2.79. The predicted molar refractivity (Wildman–Crippen MR) is 65.4 cm³/mol. The number of anilines is 1. The van der Waals surface area contributed by atoms with Gasteiger partial charge in [0, 0.05) is 26.4 Å². The van der Waals surface area contributed by atoms with Gasteiger partial charge in [-0.05, 0) is 11.9 Å². The predicted octanol–water partition coefficient (Wildman–Crippen LogP) is 1.16. The summed E-state index contributed by atoms with van der Waals surface area (Å²) in [4.78, 5) is 16.9. The molecule has 1 heterocycles. The summed E-state index contributed by atoms with van der Waals surface area (Å²) in [7, 11) is 3.60. The maximum Gasteiger partial charge on any atom is 0.324 e. The molecule has 2 N–H and O–H groups in total. The molecule has 0 spiro atoms. The summed E-state index contributed by atoms with van der Waals surface area (Å²) in [5.41, 5.74) is 1.81. The van der Waals surface area contributed by atoms with Crippen molar-refractivity contribution in [2.75, 3.05) is 31.3 Å². The molecular weight excluding hydrogens is 232 g/mol. The van der Waals surface area contributed by atoms with E-state index in [1.165, 1.54) is 11.9 Å². The number of hydrogen-bond donors (Lipinski definition) is 2. The zero-order chi connectivity index (χ0) is 11.1. The van der Waals surface area contributed by atoms with Crippen LogP contribution in [0.3, 0.4) is 0 Å². The number of urea groups is 1. The Balaban J connectivity index is 2.13. The molecule has 0 unspecified atom stereocenters. The SMILES string of the molecule is CNC(=O)NSCCN(C)c1cncs1. The first-order chi connectivity index (χ1) is 7.24. The van der Waals surface area contributed by atoms with Gasteiger partial charge in [0.1, 0.15) is 5.00 Å². The van der Waals surface area contributed by atoms with Crippen LogP contribution in [-0.2, 0) is 0 Å². The molecule has 0 fully saturated rings. The van der Waals surface area contributed by atoms with Crippen LogP contribution >= 0.6 is 23.3 Å². The van der Waals surface area contributed by atoms with Crippen molar-refractivity contribution in [3.05, 3.63) is 11.7 Å². The average Bonchev–Trinajstić information content (AvgIpc) is 2.77. The minimum atomic E-state index is -0.166. The molecule has 1 aromatic heterocycles. The van der Waals surface area contributed by atoms with Gasteiger partial charge in [-0.15, -0.1) is 11.3 Å². The van der Waals surface area contributed by atoms with E-state index in [1.54, 1.807) is 18.4 Å². The van der Waals surface area contributed by atoms with E-state index in [4.69, 9.17) is 0 Å². The summed E-state index contributed by atoms with van der Waals surface area (Å²) in [6.07, 6.45) is 1.83. The van der Waals surface area contributed by atoms with Crippen molar-refractivity contribution in [3.8, 4) is 0 Å². The zero-order valence-electron chi connectivity index (χ0n) is 8.69. The third-order valence-electron chi connectivity index (χ3n) is 1.72. The van der Waals surface area contributed by atoms with Gasteiger partial charge in [0.05, 0.1) is 11.7 Å². The number of hydrogen-bond acceptors (Lipinski definition) is 5. The Morgan fingerprint density at radius 2 is 2.53 bits per heavy atom. The Bertz CT molecular complexity index is 291. The molecule has 7 heteroatoms. The standard InChI is InChI=1S/C8H14N4OS2/c1-9-8(13)11-15-4-3-12(2)7-5-10-6-14-7/h5-6H,3-4H2,1-2H3,(H2,9,11,13). The van der Waals surface area contributed by atoms with Crippen LogP contribution in [0.4, 0.5) is 9.80 Å². The van der Waals surface area contributed by atoms with Gasteiger partial charge in [0.25, 0.3) is 0 Å². The molecule has 0 radical (unpaired) electrons. The van der Waals surface area contributed by atoms with Gasteiger partial charge in [-0.3, -0.25) is 9.71 Å². The Morgan fingerprint density at radius 3 is 3.13 bits per heavy atom. The minimum Gasteiger partial charge on any atom is -0.364 e. The highest BCUT2D eigenvalue weighted by atomic mass is 32.2. The van der Waals surface area contributed by atoms with Crippen molar-refractivity contribution in [1.29, 1.82) is 0 Å². The van der Waals surface area contributed by atoms with Crippen molar-refractivity contribution >= 4 is 34.3 Å². The lowest BCUT2D eigenvalue weighted by Crippen LogP contribution is -2.29. The zero-order valence-corrected chi connectivity index (χ0v) is 10.3. The largest absolute Gasteiger partial charge is 0.364 e. The lowest BCUT2D eigenvalue weighted by Gasteiger charge is -2.15. The summed E-state index contributed by atoms with van der Waals surface area (Å²) < 4.78 is 2.66. The fourth-order valence-corrected chi connectivity index (χ4v) is 2.18. The first-order valence-corrected chi connectivity index (χ1v) is 6.29. The number of nitrogens with zero attached hydrogens (tertiary/aromatic N) is 2. The Kier molecular flexibility index (Phi) is 5.27. The van der Waals surface area contributed by atoms with Gasteiger partial charge >= 0.3 is 6.03 Å². The third-order valence-corrected chi connectivity index (χ3v) is 3.32. The number of amides is 2. The van der Waals surface area contributed by atoms with Gasteiger partial charge in [-0.1, -0.05) is 0 Å². The van der Waals surface area contributed by atoms with Crippen LogP contribution in [0.1, 0.15) is 0 Å². The lowest BCUT2D eigenvalue weighted by atomic mass is 10.6. The van der Waals surface area contributed by atoms with Gasteiger partial charge in [-0.25, -0.2) is 4.79 Å². The van der Waals surface area contributed by atoms with Gasteiger partial charge < -0.3 is 10.2 Å². The van der Waals surface area contributed by atoms with E-state index >= 15 is 0 Å². The van der Waals surface area contributed by atoms with Crippen molar-refractivity contribution in [3.63, 3.8) is 0 Å². The maximum absolute atomic E-state index is 10.8.